The molecule has 1 atom stereocenters. The fraction of sp³-hybridized carbons (Fsp3) is 0.429. The zero-order valence-corrected chi connectivity index (χ0v) is 17.4. The Morgan fingerprint density at radius 3 is 3.10 bits per heavy atom. The Bertz CT molecular complexity index is 649. The largest absolute Gasteiger partial charge is 0.250 e. The zero-order valence-electron chi connectivity index (χ0n) is 11.5. The van der Waals surface area contributed by atoms with E-state index in [1.54, 1.807) is 5.57 Å². The Labute approximate surface area is 152 Å². The summed E-state index contributed by atoms with van der Waals surface area (Å²) in [4.78, 5) is 1.35. The number of thioether (sulfide) groups is 1. The molecule has 3 heterocycles. The molecule has 0 saturated heterocycles. The van der Waals surface area contributed by atoms with Crippen molar-refractivity contribution in [2.75, 3.05) is 15.5 Å². The average Bonchev–Trinajstić information content (AvgIpc) is 3.19. The van der Waals surface area contributed by atoms with Crippen molar-refractivity contribution in [1.29, 1.82) is 0 Å². The van der Waals surface area contributed by atoms with Gasteiger partial charge < -0.3 is 0 Å². The van der Waals surface area contributed by atoms with Gasteiger partial charge in [0.05, 0.1) is 24.1 Å². The van der Waals surface area contributed by atoms with E-state index in [0.717, 1.165) is 17.8 Å². The van der Waals surface area contributed by atoms with Crippen LogP contribution in [0.25, 0.3) is 0 Å². The molecule has 21 heavy (non-hydrogen) atoms. The highest BCUT2D eigenvalue weighted by Crippen LogP contribution is 2.41. The Morgan fingerprint density at radius 1 is 1.52 bits per heavy atom. The first kappa shape index (κ1) is 16.4. The molecule has 1 aromatic rings. The maximum absolute atomic E-state index is 12.6. The lowest BCUT2D eigenvalue weighted by Gasteiger charge is -2.12. The van der Waals surface area contributed by atoms with E-state index in [1.807, 2.05) is 18.7 Å². The number of hydrogen-bond acceptors (Lipinski definition) is 4. The van der Waals surface area contributed by atoms with E-state index < -0.39 is 0 Å². The molecule has 0 saturated carbocycles. The summed E-state index contributed by atoms with van der Waals surface area (Å²) in [5.74, 6) is 0. The molecule has 2 aliphatic heterocycles. The molecular weight excluding hydrogens is 533 g/mol. The van der Waals surface area contributed by atoms with Crippen molar-refractivity contribution in [3.63, 3.8) is 0 Å². The second-order valence-electron chi connectivity index (χ2n) is 4.59. The predicted octanol–water partition coefficient (Wildman–Crippen LogP) is 4.41. The van der Waals surface area contributed by atoms with Gasteiger partial charge in [-0.05, 0) is 22.9 Å². The van der Waals surface area contributed by atoms with Gasteiger partial charge in [0, 0.05) is 22.5 Å². The van der Waals surface area contributed by atoms with Gasteiger partial charge in [0.25, 0.3) is 0 Å². The molecule has 3 rings (SSSR count). The smallest absolute Gasteiger partial charge is 0.114 e. The van der Waals surface area contributed by atoms with Crippen LogP contribution in [0, 0.1) is 6.92 Å². The molecule has 1 unspecified atom stereocenters. The number of allylic oxidation sites excluding steroid dienone is 3. The minimum absolute atomic E-state index is 0.223. The highest BCUT2D eigenvalue weighted by atomic mass is 127. The normalized spacial score (nSPS) is 22.6. The van der Waals surface area contributed by atoms with Crippen LogP contribution in [0.15, 0.2) is 22.6 Å². The molecule has 0 spiro atoms. The second-order valence-corrected chi connectivity index (χ2v) is 11.6. The molecule has 0 bridgehead atoms. The molecule has 0 amide bonds. The molecule has 114 valence electrons. The number of halogens is 3. The number of hydrogen-bond donors (Lipinski definition) is 0. The average molecular weight is 548 g/mol. The minimum Gasteiger partial charge on any atom is -0.250 e. The molecule has 7 heteroatoms. The van der Waals surface area contributed by atoms with Crippen molar-refractivity contribution in [2.24, 2.45) is 0 Å². The summed E-state index contributed by atoms with van der Waals surface area (Å²) in [6.45, 7) is 1.79. The molecule has 0 aromatic carbocycles. The molecule has 0 radical (unpaired) electrons. The van der Waals surface area contributed by atoms with Gasteiger partial charge in [-0.2, -0.15) is 8.75 Å². The summed E-state index contributed by atoms with van der Waals surface area (Å²) >= 11 is 3.19. The number of rotatable bonds is 5. The van der Waals surface area contributed by atoms with Crippen molar-refractivity contribution >= 4 is 72.5 Å². The van der Waals surface area contributed by atoms with Crippen LogP contribution >= 0.6 is 65.0 Å². The summed E-state index contributed by atoms with van der Waals surface area (Å²) in [5, 5.41) is 0.606. The van der Waals surface area contributed by atoms with Gasteiger partial charge in [0.1, 0.15) is 5.69 Å². The monoisotopic (exact) mass is 548 g/mol. The summed E-state index contributed by atoms with van der Waals surface area (Å²) in [6.07, 6.45) is 5.80. The van der Waals surface area contributed by atoms with Gasteiger partial charge in [-0.15, -0.1) is 53.2 Å². The predicted molar refractivity (Wildman–Crippen MR) is 111 cm³/mol. The Hall–Kier alpha value is 0.520. The van der Waals surface area contributed by atoms with E-state index in [4.69, 9.17) is 0 Å². The third-order valence-corrected chi connectivity index (χ3v) is 10.6. The summed E-state index contributed by atoms with van der Waals surface area (Å²) in [5.41, 5.74) is 3.63. The lowest BCUT2D eigenvalue weighted by Crippen LogP contribution is -2.05. The maximum atomic E-state index is 12.6. The molecule has 2 aliphatic rings. The molecule has 0 aliphatic carbocycles. The van der Waals surface area contributed by atoms with E-state index in [2.05, 4.69) is 24.9 Å². The second kappa shape index (κ2) is 7.87. The van der Waals surface area contributed by atoms with Crippen LogP contribution in [0.1, 0.15) is 17.8 Å². The van der Waals surface area contributed by atoms with Gasteiger partial charge in [-0.25, -0.2) is 0 Å². The van der Waals surface area contributed by atoms with Gasteiger partial charge >= 0.3 is 0 Å². The Morgan fingerprint density at radius 2 is 2.43 bits per heavy atom. The highest BCUT2D eigenvalue weighted by molar-refractivity contribution is 14.2. The van der Waals surface area contributed by atoms with Crippen molar-refractivity contribution in [1.82, 2.24) is 8.75 Å². The van der Waals surface area contributed by atoms with Crippen molar-refractivity contribution in [2.45, 2.75) is 18.6 Å². The van der Waals surface area contributed by atoms with E-state index in [9.17, 15) is 4.39 Å². The van der Waals surface area contributed by atoms with Gasteiger partial charge in [0.2, 0.25) is 0 Å². The van der Waals surface area contributed by atoms with Crippen LogP contribution in [0.2, 0.25) is 0 Å². The van der Waals surface area contributed by atoms with Gasteiger partial charge in [-0.3, -0.25) is 4.39 Å². The molecule has 0 fully saturated rings. The van der Waals surface area contributed by atoms with E-state index in [1.165, 1.54) is 24.6 Å². The SMILES string of the molecule is Cc1nsnc1C(=ICCF)C1=CCC(C2=CC=IC2)S1. The third-order valence-electron chi connectivity index (χ3n) is 3.17. The quantitative estimate of drug-likeness (QED) is 0.403. The first-order chi connectivity index (χ1) is 10.3. The van der Waals surface area contributed by atoms with Crippen LogP contribution in [0.5, 0.6) is 0 Å². The summed E-state index contributed by atoms with van der Waals surface area (Å²) in [7, 11) is 0. The summed E-state index contributed by atoms with van der Waals surface area (Å²) < 4.78 is 27.1. The number of aromatic nitrogens is 2. The summed E-state index contributed by atoms with van der Waals surface area (Å²) in [6, 6.07) is 0. The van der Waals surface area contributed by atoms with Crippen molar-refractivity contribution in [3.8, 4) is 0 Å². The maximum Gasteiger partial charge on any atom is 0.114 e. The zero-order chi connectivity index (χ0) is 14.7. The molecule has 2 nitrogen and oxygen atoms in total. The Balaban J connectivity index is 1.80. The minimum atomic E-state index is -0.320. The first-order valence-corrected chi connectivity index (χ1v) is 13.6. The number of aryl methyl sites for hydroxylation is 1. The Kier molecular flexibility index (Phi) is 6.14. The fourth-order valence-corrected chi connectivity index (χ4v) is 9.58. The lowest BCUT2D eigenvalue weighted by molar-refractivity contribution is 0.537. The number of alkyl halides is 3. The van der Waals surface area contributed by atoms with Gasteiger partial charge in [-0.1, -0.05) is 12.2 Å². The standard InChI is InChI=1S/C14H15FI2N2S2/c1-9-14(19-21-18-9)13(17-7-5-15)12-3-2-11(20-12)10-4-6-16-8-10/h3-4,6,11H,2,5,7-8H2,1H3. The lowest BCUT2D eigenvalue weighted by atomic mass is 10.1. The van der Waals surface area contributed by atoms with Crippen molar-refractivity contribution in [3.05, 3.63) is 34.0 Å². The highest BCUT2D eigenvalue weighted by Gasteiger charge is 2.26. The van der Waals surface area contributed by atoms with E-state index in [0.29, 0.717) is 9.68 Å². The van der Waals surface area contributed by atoms with Crippen LogP contribution < -0.4 is 0 Å². The van der Waals surface area contributed by atoms with Crippen LogP contribution in [-0.4, -0.2) is 37.0 Å². The molecule has 1 aromatic heterocycles. The van der Waals surface area contributed by atoms with Crippen LogP contribution in [0.4, 0.5) is 4.39 Å². The van der Waals surface area contributed by atoms with Crippen LogP contribution in [0.3, 0.4) is 0 Å². The molecule has 0 N–H and O–H groups in total. The first-order valence-electron chi connectivity index (χ1n) is 6.58. The fourth-order valence-electron chi connectivity index (χ4n) is 2.14. The van der Waals surface area contributed by atoms with E-state index in [-0.39, 0.29) is 48.1 Å². The van der Waals surface area contributed by atoms with Crippen LogP contribution in [-0.2, 0) is 0 Å². The number of nitrogens with zero attached hydrogens (tertiary/aromatic N) is 2. The third kappa shape index (κ3) is 3.89. The van der Waals surface area contributed by atoms with Crippen molar-refractivity contribution < 1.29 is 4.39 Å². The molecular formula is C14H15FI2N2S2. The van der Waals surface area contributed by atoms with E-state index >= 15 is 0 Å². The topological polar surface area (TPSA) is 25.8 Å². The van der Waals surface area contributed by atoms with Gasteiger partial charge in [0.15, 0.2) is 0 Å².